The van der Waals surface area contributed by atoms with Crippen molar-refractivity contribution in [1.29, 1.82) is 5.26 Å². The molecule has 42 heavy (non-hydrogen) atoms. The van der Waals surface area contributed by atoms with Gasteiger partial charge in [-0.3, -0.25) is 4.79 Å². The molecule has 1 aliphatic rings. The maximum atomic E-state index is 13.5. The Balaban J connectivity index is 1.55. The quantitative estimate of drug-likeness (QED) is 0.217. The number of hydrogen-bond acceptors (Lipinski definition) is 6. The molecule has 214 valence electrons. The first-order valence-electron chi connectivity index (χ1n) is 13.6. The fraction of sp³-hybridized carbons (Fsp3) is 0.219. The van der Waals surface area contributed by atoms with E-state index in [2.05, 4.69) is 12.2 Å². The Labute approximate surface area is 245 Å². The van der Waals surface area contributed by atoms with Crippen molar-refractivity contribution >= 4 is 27.7 Å². The Morgan fingerprint density at radius 3 is 2.48 bits per heavy atom. The number of methoxy groups -OCH3 is 1. The predicted octanol–water partition coefficient (Wildman–Crippen LogP) is 5.51. The van der Waals surface area contributed by atoms with Crippen molar-refractivity contribution in [2.45, 2.75) is 24.7 Å². The number of para-hydroxylation sites is 3. The lowest BCUT2D eigenvalue weighted by atomic mass is 10.0. The molecule has 0 aliphatic carbocycles. The van der Waals surface area contributed by atoms with E-state index in [4.69, 9.17) is 9.84 Å². The lowest BCUT2D eigenvalue weighted by molar-refractivity contribution is -0.112. The first-order chi connectivity index (χ1) is 20.3. The Kier molecular flexibility index (Phi) is 8.52. The summed E-state index contributed by atoms with van der Waals surface area (Å²) in [6.07, 6.45) is 4.82. The summed E-state index contributed by atoms with van der Waals surface area (Å²) in [4.78, 5) is 13.3. The lowest BCUT2D eigenvalue weighted by Crippen LogP contribution is -2.37. The highest BCUT2D eigenvalue weighted by Crippen LogP contribution is 2.30. The van der Waals surface area contributed by atoms with Crippen molar-refractivity contribution < 1.29 is 17.9 Å². The van der Waals surface area contributed by atoms with Gasteiger partial charge < -0.3 is 10.1 Å². The van der Waals surface area contributed by atoms with Gasteiger partial charge in [-0.1, -0.05) is 49.4 Å². The predicted molar refractivity (Wildman–Crippen MR) is 161 cm³/mol. The molecular weight excluding hydrogens is 550 g/mol. The molecule has 1 aliphatic heterocycles. The standard InChI is InChI=1S/C32H31N5O4S/c1-23-15-17-36(18-16-23)42(39,40)28-12-8-9-24(20-28)31-26(22-37(35-31)27-10-4-3-5-11-27)19-25(21-33)32(38)34-29-13-6-7-14-30(29)41-2/h3-14,19-20,22-23H,15-18H2,1-2H3,(H,34,38)/b25-19+. The van der Waals surface area contributed by atoms with E-state index in [1.807, 2.05) is 36.4 Å². The first kappa shape index (κ1) is 28.8. The van der Waals surface area contributed by atoms with Crippen molar-refractivity contribution in [3.8, 4) is 28.8 Å². The van der Waals surface area contributed by atoms with E-state index < -0.39 is 15.9 Å². The number of anilines is 1. The molecule has 0 radical (unpaired) electrons. The number of nitriles is 1. The van der Waals surface area contributed by atoms with Crippen LogP contribution in [0.5, 0.6) is 5.75 Å². The van der Waals surface area contributed by atoms with Crippen molar-refractivity contribution in [2.24, 2.45) is 5.92 Å². The second-order valence-electron chi connectivity index (χ2n) is 10.2. The Morgan fingerprint density at radius 2 is 1.76 bits per heavy atom. The van der Waals surface area contributed by atoms with Gasteiger partial charge in [0.15, 0.2) is 0 Å². The number of ether oxygens (including phenoxy) is 1. The van der Waals surface area contributed by atoms with Crippen molar-refractivity contribution in [1.82, 2.24) is 14.1 Å². The summed E-state index contributed by atoms with van der Waals surface area (Å²) in [7, 11) is -2.21. The molecule has 1 aromatic heterocycles. The maximum absolute atomic E-state index is 13.5. The summed E-state index contributed by atoms with van der Waals surface area (Å²) >= 11 is 0. The number of aromatic nitrogens is 2. The van der Waals surface area contributed by atoms with Gasteiger partial charge in [0, 0.05) is 30.4 Å². The van der Waals surface area contributed by atoms with E-state index >= 15 is 0 Å². The highest BCUT2D eigenvalue weighted by atomic mass is 32.2. The van der Waals surface area contributed by atoms with Crippen LogP contribution in [0.4, 0.5) is 5.69 Å². The minimum Gasteiger partial charge on any atom is -0.495 e. The summed E-state index contributed by atoms with van der Waals surface area (Å²) in [5, 5.41) is 17.4. The molecule has 0 bridgehead atoms. The van der Waals surface area contributed by atoms with E-state index in [1.54, 1.807) is 59.4 Å². The summed E-state index contributed by atoms with van der Waals surface area (Å²) in [5.74, 6) is 0.339. The fourth-order valence-corrected chi connectivity index (χ4v) is 6.37. The molecule has 0 unspecified atom stereocenters. The third-order valence-corrected chi connectivity index (χ3v) is 9.17. The average Bonchev–Trinajstić information content (AvgIpc) is 3.44. The zero-order chi connectivity index (χ0) is 29.7. The highest BCUT2D eigenvalue weighted by Gasteiger charge is 2.28. The zero-order valence-corrected chi connectivity index (χ0v) is 24.2. The average molecular weight is 582 g/mol. The minimum absolute atomic E-state index is 0.152. The number of carbonyl (C=O) groups excluding carboxylic acids is 1. The van der Waals surface area contributed by atoms with Crippen LogP contribution in [0.3, 0.4) is 0 Å². The number of rotatable bonds is 8. The van der Waals surface area contributed by atoms with Gasteiger partial charge in [-0.25, -0.2) is 13.1 Å². The van der Waals surface area contributed by atoms with E-state index in [0.29, 0.717) is 47.3 Å². The molecular formula is C32H31N5O4S. The number of amides is 1. The van der Waals surface area contributed by atoms with Crippen LogP contribution < -0.4 is 10.1 Å². The van der Waals surface area contributed by atoms with E-state index in [1.165, 1.54) is 17.5 Å². The van der Waals surface area contributed by atoms with E-state index in [-0.39, 0.29) is 10.5 Å². The summed E-state index contributed by atoms with van der Waals surface area (Å²) in [5.41, 5.74) is 2.50. The van der Waals surface area contributed by atoms with Gasteiger partial charge in [0.2, 0.25) is 10.0 Å². The van der Waals surface area contributed by atoms with Crippen LogP contribution in [0.2, 0.25) is 0 Å². The second kappa shape index (κ2) is 12.4. The van der Waals surface area contributed by atoms with Gasteiger partial charge in [-0.2, -0.15) is 14.7 Å². The Bertz CT molecular complexity index is 1770. The molecule has 1 amide bonds. The molecule has 1 N–H and O–H groups in total. The monoisotopic (exact) mass is 581 g/mol. The third kappa shape index (κ3) is 6.12. The summed E-state index contributed by atoms with van der Waals surface area (Å²) in [6.45, 7) is 3.10. The molecule has 9 nitrogen and oxygen atoms in total. The Morgan fingerprint density at radius 1 is 1.05 bits per heavy atom. The van der Waals surface area contributed by atoms with Crippen LogP contribution in [0.1, 0.15) is 25.3 Å². The molecule has 4 aromatic rings. The van der Waals surface area contributed by atoms with Crippen LogP contribution >= 0.6 is 0 Å². The third-order valence-electron chi connectivity index (χ3n) is 7.27. The molecule has 10 heteroatoms. The number of nitrogens with zero attached hydrogens (tertiary/aromatic N) is 4. The minimum atomic E-state index is -3.70. The van der Waals surface area contributed by atoms with E-state index in [0.717, 1.165) is 18.5 Å². The van der Waals surface area contributed by atoms with Crippen molar-refractivity contribution in [3.05, 3.63) is 96.2 Å². The van der Waals surface area contributed by atoms with Crippen LogP contribution in [-0.4, -0.2) is 48.6 Å². The number of piperidine rings is 1. The van der Waals surface area contributed by atoms with Gasteiger partial charge in [0.05, 0.1) is 23.4 Å². The van der Waals surface area contributed by atoms with Gasteiger partial charge in [0.1, 0.15) is 23.1 Å². The number of carbonyl (C=O) groups is 1. The lowest BCUT2D eigenvalue weighted by Gasteiger charge is -2.29. The van der Waals surface area contributed by atoms with Crippen LogP contribution in [0.25, 0.3) is 23.0 Å². The van der Waals surface area contributed by atoms with Gasteiger partial charge in [0.25, 0.3) is 5.91 Å². The van der Waals surface area contributed by atoms with Gasteiger partial charge in [-0.15, -0.1) is 0 Å². The molecule has 0 saturated carbocycles. The normalized spacial score (nSPS) is 14.7. The summed E-state index contributed by atoms with van der Waals surface area (Å²) < 4.78 is 35.5. The molecule has 3 aromatic carbocycles. The van der Waals surface area contributed by atoms with Crippen LogP contribution in [0, 0.1) is 17.2 Å². The number of sulfonamides is 1. The topological polar surface area (TPSA) is 117 Å². The SMILES string of the molecule is COc1ccccc1NC(=O)/C(C#N)=C/c1cn(-c2ccccc2)nc1-c1cccc(S(=O)(=O)N2CCC(C)CC2)c1. The zero-order valence-electron chi connectivity index (χ0n) is 23.4. The van der Waals surface area contributed by atoms with E-state index in [9.17, 15) is 18.5 Å². The van der Waals surface area contributed by atoms with Gasteiger partial charge in [-0.05, 0) is 61.2 Å². The molecule has 2 heterocycles. The largest absolute Gasteiger partial charge is 0.495 e. The van der Waals surface area contributed by atoms with Crippen LogP contribution in [0.15, 0.2) is 95.5 Å². The van der Waals surface area contributed by atoms with Gasteiger partial charge >= 0.3 is 0 Å². The molecule has 0 atom stereocenters. The number of hydrogen-bond donors (Lipinski definition) is 1. The number of benzene rings is 3. The smallest absolute Gasteiger partial charge is 0.266 e. The summed E-state index contributed by atoms with van der Waals surface area (Å²) in [6, 6.07) is 24.9. The Hall–Kier alpha value is -4.72. The molecule has 1 saturated heterocycles. The van der Waals surface area contributed by atoms with Crippen LogP contribution in [-0.2, 0) is 14.8 Å². The first-order valence-corrected chi connectivity index (χ1v) is 15.1. The molecule has 1 fully saturated rings. The number of nitrogens with one attached hydrogen (secondary N) is 1. The van der Waals surface area contributed by atoms with Crippen molar-refractivity contribution in [3.63, 3.8) is 0 Å². The molecule has 5 rings (SSSR count). The highest BCUT2D eigenvalue weighted by molar-refractivity contribution is 7.89. The fourth-order valence-electron chi connectivity index (χ4n) is 4.85. The maximum Gasteiger partial charge on any atom is 0.266 e. The van der Waals surface area contributed by atoms with Crippen molar-refractivity contribution in [2.75, 3.05) is 25.5 Å². The molecule has 0 spiro atoms. The second-order valence-corrected chi connectivity index (χ2v) is 12.1.